The highest BCUT2D eigenvalue weighted by atomic mass is 19.4. The standard InChI is InChI=1S/C19H22F3N9O/c1-13-12-16(29-8-10-32-11-9-29)24-18(23-13)30-6-4-28(5-7-30)15-3-2-14-25-26-17(19(20,21)22)31(14)27-15/h2-3,12H,4-11H2,1H3. The van der Waals surface area contributed by atoms with Gasteiger partial charge in [-0.25, -0.2) is 4.98 Å². The van der Waals surface area contributed by atoms with Gasteiger partial charge in [0.1, 0.15) is 11.6 Å². The van der Waals surface area contributed by atoms with Crippen molar-refractivity contribution in [3.63, 3.8) is 0 Å². The van der Waals surface area contributed by atoms with Gasteiger partial charge in [0, 0.05) is 51.0 Å². The minimum absolute atomic E-state index is 0.0588. The van der Waals surface area contributed by atoms with Crippen LogP contribution in [0.25, 0.3) is 5.65 Å². The van der Waals surface area contributed by atoms with Crippen LogP contribution in [0.4, 0.5) is 30.8 Å². The van der Waals surface area contributed by atoms with Gasteiger partial charge in [0.15, 0.2) is 5.65 Å². The third-order valence-corrected chi connectivity index (χ3v) is 5.55. The van der Waals surface area contributed by atoms with Gasteiger partial charge in [0.25, 0.3) is 5.82 Å². The Labute approximate surface area is 181 Å². The maximum Gasteiger partial charge on any atom is 0.453 e. The first kappa shape index (κ1) is 20.7. The summed E-state index contributed by atoms with van der Waals surface area (Å²) < 4.78 is 45.6. The molecule has 0 aromatic carbocycles. The molecular weight excluding hydrogens is 427 g/mol. The molecule has 2 saturated heterocycles. The van der Waals surface area contributed by atoms with Gasteiger partial charge in [-0.15, -0.1) is 15.3 Å². The molecule has 3 aromatic heterocycles. The summed E-state index contributed by atoms with van der Waals surface area (Å²) in [6.07, 6.45) is -4.62. The fourth-order valence-electron chi connectivity index (χ4n) is 3.89. The zero-order valence-electron chi connectivity index (χ0n) is 17.5. The number of aromatic nitrogens is 6. The van der Waals surface area contributed by atoms with E-state index in [0.29, 0.717) is 51.2 Å². The fourth-order valence-corrected chi connectivity index (χ4v) is 3.89. The minimum atomic E-state index is -4.62. The van der Waals surface area contributed by atoms with E-state index in [9.17, 15) is 13.2 Å². The van der Waals surface area contributed by atoms with Crippen LogP contribution in [0.15, 0.2) is 18.2 Å². The molecule has 0 unspecified atom stereocenters. The van der Waals surface area contributed by atoms with Gasteiger partial charge >= 0.3 is 6.18 Å². The van der Waals surface area contributed by atoms with E-state index in [1.165, 1.54) is 6.07 Å². The second-order valence-corrected chi connectivity index (χ2v) is 7.72. The van der Waals surface area contributed by atoms with Gasteiger partial charge < -0.3 is 19.4 Å². The van der Waals surface area contributed by atoms with Crippen molar-refractivity contribution in [3.05, 3.63) is 29.7 Å². The third-order valence-electron chi connectivity index (χ3n) is 5.55. The van der Waals surface area contributed by atoms with Gasteiger partial charge in [-0.2, -0.15) is 22.7 Å². The Bertz CT molecular complexity index is 1110. The number of fused-ring (bicyclic) bond motifs is 1. The zero-order chi connectivity index (χ0) is 22.3. The monoisotopic (exact) mass is 449 g/mol. The van der Waals surface area contributed by atoms with Crippen LogP contribution < -0.4 is 14.7 Å². The van der Waals surface area contributed by atoms with E-state index in [-0.39, 0.29) is 5.65 Å². The first-order valence-electron chi connectivity index (χ1n) is 10.4. The Morgan fingerprint density at radius 1 is 0.844 bits per heavy atom. The average Bonchev–Trinajstić information content (AvgIpc) is 3.23. The zero-order valence-corrected chi connectivity index (χ0v) is 17.5. The number of rotatable bonds is 3. The highest BCUT2D eigenvalue weighted by molar-refractivity contribution is 5.49. The van der Waals surface area contributed by atoms with Crippen LogP contribution in [0, 0.1) is 6.92 Å². The molecule has 5 rings (SSSR count). The summed E-state index contributed by atoms with van der Waals surface area (Å²) in [5.74, 6) is 0.865. The number of halogens is 3. The Balaban J connectivity index is 1.32. The van der Waals surface area contributed by atoms with Crippen LogP contribution in [-0.4, -0.2) is 82.3 Å². The lowest BCUT2D eigenvalue weighted by molar-refractivity contribution is -0.146. The summed E-state index contributed by atoms with van der Waals surface area (Å²) in [5, 5.41) is 10.9. The Morgan fingerprint density at radius 2 is 1.53 bits per heavy atom. The van der Waals surface area contributed by atoms with Crippen molar-refractivity contribution in [1.82, 2.24) is 29.8 Å². The van der Waals surface area contributed by atoms with Crippen LogP contribution in [0.2, 0.25) is 0 Å². The maximum atomic E-state index is 13.2. The van der Waals surface area contributed by atoms with E-state index in [4.69, 9.17) is 9.72 Å². The number of morpholine rings is 1. The smallest absolute Gasteiger partial charge is 0.378 e. The number of anilines is 3. The van der Waals surface area contributed by atoms with Gasteiger partial charge in [-0.1, -0.05) is 0 Å². The highest BCUT2D eigenvalue weighted by Gasteiger charge is 2.38. The summed E-state index contributed by atoms with van der Waals surface area (Å²) in [5.41, 5.74) is 0.946. The maximum absolute atomic E-state index is 13.2. The number of nitrogens with zero attached hydrogens (tertiary/aromatic N) is 9. The van der Waals surface area contributed by atoms with Crippen LogP contribution in [0.3, 0.4) is 0 Å². The lowest BCUT2D eigenvalue weighted by atomic mass is 10.3. The number of hydrogen-bond donors (Lipinski definition) is 0. The summed E-state index contributed by atoms with van der Waals surface area (Å²) in [6, 6.07) is 5.14. The van der Waals surface area contributed by atoms with Crippen LogP contribution >= 0.6 is 0 Å². The van der Waals surface area contributed by atoms with E-state index in [0.717, 1.165) is 29.1 Å². The minimum Gasteiger partial charge on any atom is -0.378 e. The Hall–Kier alpha value is -3.22. The lowest BCUT2D eigenvalue weighted by Crippen LogP contribution is -2.47. The first-order chi connectivity index (χ1) is 15.4. The summed E-state index contributed by atoms with van der Waals surface area (Å²) in [7, 11) is 0. The van der Waals surface area contributed by atoms with Gasteiger partial charge in [0.2, 0.25) is 5.95 Å². The van der Waals surface area contributed by atoms with Crippen molar-refractivity contribution in [1.29, 1.82) is 0 Å². The van der Waals surface area contributed by atoms with Gasteiger partial charge in [-0.05, 0) is 19.1 Å². The quantitative estimate of drug-likeness (QED) is 0.589. The lowest BCUT2D eigenvalue weighted by Gasteiger charge is -2.36. The molecule has 0 N–H and O–H groups in total. The molecule has 2 aliphatic heterocycles. The molecule has 0 spiro atoms. The first-order valence-corrected chi connectivity index (χ1v) is 10.4. The number of piperazine rings is 1. The highest BCUT2D eigenvalue weighted by Crippen LogP contribution is 2.28. The molecule has 0 bridgehead atoms. The molecule has 0 atom stereocenters. The normalized spacial score (nSPS) is 17.9. The summed E-state index contributed by atoms with van der Waals surface area (Å²) in [6.45, 7) is 7.29. The van der Waals surface area contributed by atoms with Crippen molar-refractivity contribution in [2.24, 2.45) is 0 Å². The average molecular weight is 449 g/mol. The molecule has 170 valence electrons. The molecule has 13 heteroatoms. The molecule has 2 fully saturated rings. The van der Waals surface area contributed by atoms with E-state index in [1.807, 2.05) is 17.9 Å². The molecule has 0 saturated carbocycles. The van der Waals surface area contributed by atoms with Crippen molar-refractivity contribution < 1.29 is 17.9 Å². The SMILES string of the molecule is Cc1cc(N2CCOCC2)nc(N2CCN(c3ccc4nnc(C(F)(F)F)n4n3)CC2)n1. The van der Waals surface area contributed by atoms with Crippen molar-refractivity contribution in [2.75, 3.05) is 67.2 Å². The second-order valence-electron chi connectivity index (χ2n) is 7.72. The Kier molecular flexibility index (Phi) is 5.19. The van der Waals surface area contributed by atoms with Crippen LogP contribution in [0.1, 0.15) is 11.5 Å². The van der Waals surface area contributed by atoms with Crippen molar-refractivity contribution in [3.8, 4) is 0 Å². The third kappa shape index (κ3) is 3.99. The predicted octanol–water partition coefficient (Wildman–Crippen LogP) is 1.40. The molecule has 0 aliphatic carbocycles. The van der Waals surface area contributed by atoms with E-state index >= 15 is 0 Å². The van der Waals surface area contributed by atoms with E-state index in [2.05, 4.69) is 30.1 Å². The van der Waals surface area contributed by atoms with Crippen molar-refractivity contribution in [2.45, 2.75) is 13.1 Å². The van der Waals surface area contributed by atoms with Crippen molar-refractivity contribution >= 4 is 23.2 Å². The molecule has 2 aliphatic rings. The summed E-state index contributed by atoms with van der Waals surface area (Å²) in [4.78, 5) is 15.6. The van der Waals surface area contributed by atoms with E-state index < -0.39 is 12.0 Å². The molecule has 3 aromatic rings. The number of hydrogen-bond acceptors (Lipinski definition) is 9. The molecule has 32 heavy (non-hydrogen) atoms. The fraction of sp³-hybridized carbons (Fsp3) is 0.526. The second kappa shape index (κ2) is 8.04. The van der Waals surface area contributed by atoms with Crippen LogP contribution in [-0.2, 0) is 10.9 Å². The summed E-state index contributed by atoms with van der Waals surface area (Å²) >= 11 is 0. The molecule has 0 radical (unpaired) electrons. The Morgan fingerprint density at radius 3 is 2.25 bits per heavy atom. The molecular formula is C19H22F3N9O. The molecule has 10 nitrogen and oxygen atoms in total. The van der Waals surface area contributed by atoms with E-state index in [1.54, 1.807) is 6.07 Å². The largest absolute Gasteiger partial charge is 0.453 e. The number of ether oxygens (including phenoxy) is 1. The predicted molar refractivity (Wildman–Crippen MR) is 110 cm³/mol. The number of aryl methyl sites for hydroxylation is 1. The number of alkyl halides is 3. The van der Waals surface area contributed by atoms with Gasteiger partial charge in [-0.3, -0.25) is 0 Å². The van der Waals surface area contributed by atoms with Gasteiger partial charge in [0.05, 0.1) is 13.2 Å². The topological polar surface area (TPSA) is 87.8 Å². The molecule has 5 heterocycles. The molecule has 0 amide bonds. The van der Waals surface area contributed by atoms with Crippen LogP contribution in [0.5, 0.6) is 0 Å².